The number of nitrogens with zero attached hydrogens (tertiary/aromatic N) is 1. The molecule has 7 heteroatoms. The monoisotopic (exact) mass is 376 g/mol. The third-order valence-electron chi connectivity index (χ3n) is 4.52. The zero-order chi connectivity index (χ0) is 19.4. The fourth-order valence-corrected chi connectivity index (χ4v) is 3.21. The summed E-state index contributed by atoms with van der Waals surface area (Å²) >= 11 is 0. The Labute approximate surface area is 160 Å². The van der Waals surface area contributed by atoms with Crippen LogP contribution in [-0.4, -0.2) is 54.8 Å². The minimum atomic E-state index is -0.541. The predicted octanol–water partition coefficient (Wildman–Crippen LogP) is 2.59. The third-order valence-corrected chi connectivity index (χ3v) is 4.52. The Bertz CT molecular complexity index is 685. The fraction of sp³-hybridized carbons (Fsp3) is 0.600. The van der Waals surface area contributed by atoms with Gasteiger partial charge in [-0.05, 0) is 45.7 Å². The second kappa shape index (κ2) is 8.06. The number of piperidine rings is 1. The van der Waals surface area contributed by atoms with E-state index in [2.05, 4.69) is 5.32 Å². The highest BCUT2D eigenvalue weighted by atomic mass is 16.6. The lowest BCUT2D eigenvalue weighted by Gasteiger charge is -2.34. The van der Waals surface area contributed by atoms with Gasteiger partial charge < -0.3 is 24.4 Å². The molecule has 0 unspecified atom stereocenters. The Morgan fingerprint density at radius 2 is 2.00 bits per heavy atom. The van der Waals surface area contributed by atoms with Gasteiger partial charge in [-0.25, -0.2) is 4.79 Å². The van der Waals surface area contributed by atoms with Crippen molar-refractivity contribution in [3.8, 4) is 11.5 Å². The number of carbonyl (C=O) groups is 2. The molecule has 0 aliphatic carbocycles. The van der Waals surface area contributed by atoms with Gasteiger partial charge in [0.25, 0.3) is 0 Å². The number of benzene rings is 1. The number of para-hydroxylation sites is 2. The van der Waals surface area contributed by atoms with Crippen LogP contribution in [0.1, 0.15) is 33.6 Å². The highest BCUT2D eigenvalue weighted by molar-refractivity contribution is 5.80. The minimum Gasteiger partial charge on any atom is -0.486 e. The lowest BCUT2D eigenvalue weighted by molar-refractivity contribution is -0.127. The highest BCUT2D eigenvalue weighted by Crippen LogP contribution is 2.30. The molecular weight excluding hydrogens is 348 g/mol. The summed E-state index contributed by atoms with van der Waals surface area (Å²) < 4.78 is 16.9. The number of hydrogen-bond acceptors (Lipinski definition) is 5. The van der Waals surface area contributed by atoms with Gasteiger partial charge in [0, 0.05) is 13.1 Å². The average molecular weight is 376 g/mol. The van der Waals surface area contributed by atoms with Crippen molar-refractivity contribution in [2.75, 3.05) is 26.2 Å². The van der Waals surface area contributed by atoms with Crippen molar-refractivity contribution in [3.63, 3.8) is 0 Å². The highest BCUT2D eigenvalue weighted by Gasteiger charge is 2.31. The molecule has 0 saturated carbocycles. The van der Waals surface area contributed by atoms with Crippen LogP contribution in [0.25, 0.3) is 0 Å². The van der Waals surface area contributed by atoms with Gasteiger partial charge in [-0.1, -0.05) is 12.1 Å². The lowest BCUT2D eigenvalue weighted by atomic mass is 9.97. The van der Waals surface area contributed by atoms with E-state index < -0.39 is 5.60 Å². The second-order valence-electron chi connectivity index (χ2n) is 8.01. The molecule has 2 heterocycles. The van der Waals surface area contributed by atoms with Crippen molar-refractivity contribution in [1.29, 1.82) is 0 Å². The number of ether oxygens (including phenoxy) is 3. The van der Waals surface area contributed by atoms with Gasteiger partial charge >= 0.3 is 6.09 Å². The normalized spacial score (nSPS) is 22.1. The topological polar surface area (TPSA) is 77.1 Å². The number of nitrogens with one attached hydrogen (secondary N) is 1. The maximum atomic E-state index is 12.6. The zero-order valence-electron chi connectivity index (χ0n) is 16.2. The van der Waals surface area contributed by atoms with Crippen LogP contribution in [0.4, 0.5) is 4.79 Å². The van der Waals surface area contributed by atoms with E-state index in [9.17, 15) is 9.59 Å². The summed E-state index contributed by atoms with van der Waals surface area (Å²) in [6.07, 6.45) is 0.957. The molecule has 2 atom stereocenters. The van der Waals surface area contributed by atoms with Crippen molar-refractivity contribution < 1.29 is 23.8 Å². The molecule has 2 aliphatic rings. The number of carbonyl (C=O) groups excluding carboxylic acids is 2. The molecule has 0 aromatic heterocycles. The molecule has 148 valence electrons. The first-order valence-corrected chi connectivity index (χ1v) is 9.46. The van der Waals surface area contributed by atoms with Crippen molar-refractivity contribution in [3.05, 3.63) is 24.3 Å². The van der Waals surface area contributed by atoms with Crippen LogP contribution in [0, 0.1) is 5.92 Å². The van der Waals surface area contributed by atoms with Gasteiger partial charge in [0.05, 0.1) is 12.5 Å². The van der Waals surface area contributed by atoms with Crippen molar-refractivity contribution >= 4 is 12.0 Å². The Morgan fingerprint density at radius 3 is 2.74 bits per heavy atom. The fourth-order valence-electron chi connectivity index (χ4n) is 3.21. The first-order chi connectivity index (χ1) is 12.8. The molecule has 7 nitrogen and oxygen atoms in total. The SMILES string of the molecule is CC(C)(C)OC(=O)N1CCC[C@H](C(=O)NC[C@H]2COc3ccccc3O2)C1. The molecule has 0 spiro atoms. The molecule has 1 saturated heterocycles. The van der Waals surface area contributed by atoms with Crippen LogP contribution in [0.15, 0.2) is 24.3 Å². The average Bonchev–Trinajstić information content (AvgIpc) is 2.64. The molecule has 1 fully saturated rings. The van der Waals surface area contributed by atoms with E-state index in [4.69, 9.17) is 14.2 Å². The first kappa shape index (κ1) is 19.3. The van der Waals surface area contributed by atoms with Gasteiger partial charge in [-0.3, -0.25) is 4.79 Å². The number of fused-ring (bicyclic) bond motifs is 1. The summed E-state index contributed by atoms with van der Waals surface area (Å²) in [6.45, 7) is 7.28. The summed E-state index contributed by atoms with van der Waals surface area (Å²) in [4.78, 5) is 26.4. The summed E-state index contributed by atoms with van der Waals surface area (Å²) in [5.41, 5.74) is -0.541. The molecule has 2 amide bonds. The van der Waals surface area contributed by atoms with E-state index in [1.807, 2.05) is 45.0 Å². The lowest BCUT2D eigenvalue weighted by Crippen LogP contribution is -2.49. The van der Waals surface area contributed by atoms with Crippen LogP contribution in [-0.2, 0) is 9.53 Å². The molecule has 3 rings (SSSR count). The van der Waals surface area contributed by atoms with Crippen molar-refractivity contribution in [2.24, 2.45) is 5.92 Å². The van der Waals surface area contributed by atoms with Gasteiger partial charge in [-0.15, -0.1) is 0 Å². The number of hydrogen-bond donors (Lipinski definition) is 1. The molecule has 1 aromatic rings. The molecule has 0 radical (unpaired) electrons. The standard InChI is InChI=1S/C20H28N2O5/c1-20(2,3)27-19(24)22-10-6-7-14(12-22)18(23)21-11-15-13-25-16-8-4-5-9-17(16)26-15/h4-5,8-9,14-15H,6-7,10-13H2,1-3H3,(H,21,23)/t14-,15-/m0/s1. The molecule has 0 bridgehead atoms. The van der Waals surface area contributed by atoms with Gasteiger partial charge in [0.15, 0.2) is 11.5 Å². The van der Waals surface area contributed by atoms with E-state index in [0.29, 0.717) is 32.0 Å². The van der Waals surface area contributed by atoms with E-state index in [1.165, 1.54) is 0 Å². The van der Waals surface area contributed by atoms with Crippen LogP contribution in [0.2, 0.25) is 0 Å². The van der Waals surface area contributed by atoms with E-state index >= 15 is 0 Å². The van der Waals surface area contributed by atoms with Crippen LogP contribution >= 0.6 is 0 Å². The van der Waals surface area contributed by atoms with Crippen molar-refractivity contribution in [1.82, 2.24) is 10.2 Å². The molecule has 27 heavy (non-hydrogen) atoms. The van der Waals surface area contributed by atoms with Gasteiger partial charge in [0.2, 0.25) is 5.91 Å². The molecule has 1 N–H and O–H groups in total. The van der Waals surface area contributed by atoms with Crippen molar-refractivity contribution in [2.45, 2.75) is 45.3 Å². The number of likely N-dealkylation sites (tertiary alicyclic amines) is 1. The van der Waals surface area contributed by atoms with E-state index in [-0.39, 0.29) is 24.0 Å². The smallest absolute Gasteiger partial charge is 0.410 e. The Kier molecular flexibility index (Phi) is 5.77. The molecule has 2 aliphatic heterocycles. The summed E-state index contributed by atoms with van der Waals surface area (Å²) in [6, 6.07) is 7.49. The molecular formula is C20H28N2O5. The summed E-state index contributed by atoms with van der Waals surface area (Å²) in [5, 5.41) is 2.94. The molecule has 1 aromatic carbocycles. The Morgan fingerprint density at radius 1 is 1.26 bits per heavy atom. The second-order valence-corrected chi connectivity index (χ2v) is 8.01. The van der Waals surface area contributed by atoms with E-state index in [1.54, 1.807) is 4.90 Å². The Hall–Kier alpha value is -2.44. The number of amides is 2. The zero-order valence-corrected chi connectivity index (χ0v) is 16.2. The van der Waals surface area contributed by atoms with Crippen LogP contribution in [0.3, 0.4) is 0 Å². The van der Waals surface area contributed by atoms with Crippen LogP contribution in [0.5, 0.6) is 11.5 Å². The van der Waals surface area contributed by atoms with Gasteiger partial charge in [0.1, 0.15) is 18.3 Å². The first-order valence-electron chi connectivity index (χ1n) is 9.46. The maximum absolute atomic E-state index is 12.6. The summed E-state index contributed by atoms with van der Waals surface area (Å²) in [5.74, 6) is 1.12. The minimum absolute atomic E-state index is 0.0642. The quantitative estimate of drug-likeness (QED) is 0.877. The maximum Gasteiger partial charge on any atom is 0.410 e. The largest absolute Gasteiger partial charge is 0.486 e. The predicted molar refractivity (Wildman–Crippen MR) is 99.9 cm³/mol. The van der Waals surface area contributed by atoms with Crippen LogP contribution < -0.4 is 14.8 Å². The van der Waals surface area contributed by atoms with Gasteiger partial charge in [-0.2, -0.15) is 0 Å². The third kappa shape index (κ3) is 5.28. The van der Waals surface area contributed by atoms with E-state index in [0.717, 1.165) is 18.6 Å². The number of rotatable bonds is 3. The summed E-state index contributed by atoms with van der Waals surface area (Å²) in [7, 11) is 0. The Balaban J connectivity index is 1.47.